The van der Waals surface area contributed by atoms with Crippen LogP contribution in [0.25, 0.3) is 0 Å². The minimum Gasteiger partial charge on any atom is -0.357 e. The first-order valence-corrected chi connectivity index (χ1v) is 14.3. The number of anilines is 1. The number of hydrogen-bond acceptors (Lipinski definition) is 1. The van der Waals surface area contributed by atoms with Gasteiger partial charge in [0.25, 0.3) is 0 Å². The van der Waals surface area contributed by atoms with Crippen LogP contribution in [0.5, 0.6) is 0 Å². The van der Waals surface area contributed by atoms with Crippen molar-refractivity contribution in [3.63, 3.8) is 0 Å². The summed E-state index contributed by atoms with van der Waals surface area (Å²) in [5.41, 5.74) is 9.01. The molecule has 0 bridgehead atoms. The van der Waals surface area contributed by atoms with Gasteiger partial charge in [0.05, 0.1) is 8.07 Å². The van der Waals surface area contributed by atoms with Crippen molar-refractivity contribution in [3.05, 3.63) is 113 Å². The van der Waals surface area contributed by atoms with E-state index in [0.29, 0.717) is 0 Å². The highest BCUT2D eigenvalue weighted by Crippen LogP contribution is 2.41. The molecule has 0 atom stereocenters. The summed E-state index contributed by atoms with van der Waals surface area (Å²) in [6.45, 7) is 0. The lowest BCUT2D eigenvalue weighted by Gasteiger charge is -2.28. The van der Waals surface area contributed by atoms with Gasteiger partial charge in [-0.15, -0.1) is 6.42 Å². The molecule has 2 heteroatoms. The van der Waals surface area contributed by atoms with Crippen LogP contribution in [0.4, 0.5) is 5.69 Å². The average molecular weight is 476 g/mol. The van der Waals surface area contributed by atoms with Crippen molar-refractivity contribution in [2.75, 3.05) is 5.09 Å². The molecule has 3 aromatic carbocycles. The first-order valence-electron chi connectivity index (χ1n) is 13.0. The summed E-state index contributed by atoms with van der Waals surface area (Å²) in [6.07, 6.45) is 20.5. The molecule has 5 rings (SSSR count). The smallest absolute Gasteiger partial charge is 0.0522 e. The van der Waals surface area contributed by atoms with Crippen molar-refractivity contribution in [2.45, 2.75) is 57.8 Å². The number of nitrogens with one attached hydrogen (secondary N) is 1. The molecule has 0 radical (unpaired) electrons. The number of fused-ring (bicyclic) bond motifs is 1. The standard InChI is InChI=1S/C33H34NP/c1-2-3-14-26-15-10-11-17-28(26)25-32-31-22-13-12-16-27(31)23-24-33(32)34-35(29-18-6-4-7-19-29)30-20-8-5-9-21-30/h1,3-9,14,18-21,23-24,34H,10-13,15-17,22,25H2/b14-3-. The van der Waals surface area contributed by atoms with E-state index in [-0.39, 0.29) is 0 Å². The van der Waals surface area contributed by atoms with Gasteiger partial charge < -0.3 is 5.09 Å². The molecule has 2 aliphatic carbocycles. The Morgan fingerprint density at radius 2 is 1.43 bits per heavy atom. The van der Waals surface area contributed by atoms with E-state index >= 15 is 0 Å². The Labute approximate surface area is 212 Å². The van der Waals surface area contributed by atoms with Crippen LogP contribution < -0.4 is 15.7 Å². The molecule has 35 heavy (non-hydrogen) atoms. The van der Waals surface area contributed by atoms with Gasteiger partial charge in [-0.3, -0.25) is 0 Å². The van der Waals surface area contributed by atoms with Gasteiger partial charge in [0.2, 0.25) is 0 Å². The Bertz CT molecular complexity index is 1210. The summed E-state index contributed by atoms with van der Waals surface area (Å²) in [5, 5.41) is 6.78. The molecule has 0 aromatic heterocycles. The van der Waals surface area contributed by atoms with Gasteiger partial charge in [-0.05, 0) is 92.2 Å². The molecule has 0 spiro atoms. The maximum Gasteiger partial charge on any atom is 0.0522 e. The minimum atomic E-state index is -0.707. The molecule has 2 aliphatic rings. The van der Waals surface area contributed by atoms with Gasteiger partial charge in [0, 0.05) is 16.3 Å². The Kier molecular flexibility index (Phi) is 7.82. The highest BCUT2D eigenvalue weighted by molar-refractivity contribution is 7.74. The normalized spacial score (nSPS) is 15.8. The largest absolute Gasteiger partial charge is 0.357 e. The maximum absolute atomic E-state index is 5.56. The quantitative estimate of drug-likeness (QED) is 0.274. The number of terminal acetylenes is 1. The summed E-state index contributed by atoms with van der Waals surface area (Å²) in [7, 11) is -0.707. The van der Waals surface area contributed by atoms with Crippen molar-refractivity contribution in [2.24, 2.45) is 0 Å². The SMILES string of the molecule is C#C/C=C\C1=C(Cc2c(NP(c3ccccc3)c3ccccc3)ccc3c2CCCC3)CCCC1. The number of benzene rings is 3. The zero-order valence-electron chi connectivity index (χ0n) is 20.5. The Morgan fingerprint density at radius 1 is 0.771 bits per heavy atom. The monoisotopic (exact) mass is 475 g/mol. The van der Waals surface area contributed by atoms with E-state index in [4.69, 9.17) is 6.42 Å². The predicted octanol–water partition coefficient (Wildman–Crippen LogP) is 7.63. The topological polar surface area (TPSA) is 12.0 Å². The van der Waals surface area contributed by atoms with Crippen LogP contribution in [0.1, 0.15) is 55.2 Å². The van der Waals surface area contributed by atoms with Crippen molar-refractivity contribution in [1.82, 2.24) is 0 Å². The maximum atomic E-state index is 5.56. The van der Waals surface area contributed by atoms with Crippen LogP contribution in [-0.2, 0) is 19.3 Å². The molecule has 1 N–H and O–H groups in total. The van der Waals surface area contributed by atoms with Crippen molar-refractivity contribution in [3.8, 4) is 12.3 Å². The fraction of sp³-hybridized carbons (Fsp3) is 0.273. The van der Waals surface area contributed by atoms with E-state index in [1.807, 2.05) is 6.08 Å². The van der Waals surface area contributed by atoms with E-state index in [1.54, 1.807) is 16.7 Å². The molecule has 0 saturated heterocycles. The van der Waals surface area contributed by atoms with E-state index in [1.165, 1.54) is 72.4 Å². The fourth-order valence-corrected chi connectivity index (χ4v) is 7.47. The molecular formula is C33H34NP. The van der Waals surface area contributed by atoms with Crippen molar-refractivity contribution >= 4 is 24.4 Å². The highest BCUT2D eigenvalue weighted by atomic mass is 31.1. The fourth-order valence-electron chi connectivity index (χ4n) is 5.52. The lowest BCUT2D eigenvalue weighted by Crippen LogP contribution is -2.19. The second-order valence-electron chi connectivity index (χ2n) is 9.57. The van der Waals surface area contributed by atoms with E-state index in [0.717, 1.165) is 12.8 Å². The van der Waals surface area contributed by atoms with Gasteiger partial charge in [-0.25, -0.2) is 0 Å². The molecule has 0 amide bonds. The molecule has 0 aliphatic heterocycles. The van der Waals surface area contributed by atoms with Crippen LogP contribution in [-0.4, -0.2) is 0 Å². The van der Waals surface area contributed by atoms with Crippen molar-refractivity contribution < 1.29 is 0 Å². The second-order valence-corrected chi connectivity index (χ2v) is 11.5. The summed E-state index contributed by atoms with van der Waals surface area (Å²) in [4.78, 5) is 0. The minimum absolute atomic E-state index is 0.707. The molecule has 0 fully saturated rings. The molecule has 176 valence electrons. The van der Waals surface area contributed by atoms with E-state index in [2.05, 4.69) is 89.9 Å². The Balaban J connectivity index is 1.58. The van der Waals surface area contributed by atoms with Gasteiger partial charge in [0.15, 0.2) is 0 Å². The molecule has 0 unspecified atom stereocenters. The summed E-state index contributed by atoms with van der Waals surface area (Å²) in [6, 6.07) is 26.6. The third kappa shape index (κ3) is 5.61. The molecule has 3 aromatic rings. The van der Waals surface area contributed by atoms with Crippen LogP contribution in [0, 0.1) is 12.3 Å². The highest BCUT2D eigenvalue weighted by Gasteiger charge is 2.22. The summed E-state index contributed by atoms with van der Waals surface area (Å²) in [5.74, 6) is 2.70. The number of aryl methyl sites for hydroxylation is 1. The molecule has 0 heterocycles. The zero-order chi connectivity index (χ0) is 23.9. The lowest BCUT2D eigenvalue weighted by molar-refractivity contribution is 0.659. The van der Waals surface area contributed by atoms with E-state index < -0.39 is 8.07 Å². The number of rotatable bonds is 7. The number of allylic oxidation sites excluding steroid dienone is 4. The first kappa shape index (κ1) is 23.7. The molecule has 1 nitrogen and oxygen atoms in total. The van der Waals surface area contributed by atoms with Gasteiger partial charge >= 0.3 is 0 Å². The third-order valence-electron chi connectivity index (χ3n) is 7.31. The predicted molar refractivity (Wildman–Crippen MR) is 153 cm³/mol. The zero-order valence-corrected chi connectivity index (χ0v) is 21.4. The Hall–Kier alpha value is -3.07. The van der Waals surface area contributed by atoms with Crippen molar-refractivity contribution in [1.29, 1.82) is 0 Å². The van der Waals surface area contributed by atoms with Crippen LogP contribution in [0.15, 0.2) is 96.1 Å². The van der Waals surface area contributed by atoms with Crippen LogP contribution >= 0.6 is 8.07 Å². The van der Waals surface area contributed by atoms with Gasteiger partial charge in [-0.1, -0.05) is 84.3 Å². The third-order valence-corrected chi connectivity index (χ3v) is 9.41. The summed E-state index contributed by atoms with van der Waals surface area (Å²) < 4.78 is 0. The van der Waals surface area contributed by atoms with Gasteiger partial charge in [0.1, 0.15) is 0 Å². The molecule has 0 saturated carbocycles. The van der Waals surface area contributed by atoms with E-state index in [9.17, 15) is 0 Å². The summed E-state index contributed by atoms with van der Waals surface area (Å²) >= 11 is 0. The van der Waals surface area contributed by atoms with Crippen LogP contribution in [0.2, 0.25) is 0 Å². The van der Waals surface area contributed by atoms with Crippen LogP contribution in [0.3, 0.4) is 0 Å². The number of hydrogen-bond donors (Lipinski definition) is 1. The average Bonchev–Trinajstić information content (AvgIpc) is 2.93. The lowest BCUT2D eigenvalue weighted by atomic mass is 9.82. The molecular weight excluding hydrogens is 441 g/mol. The first-order chi connectivity index (χ1) is 17.3. The second kappa shape index (κ2) is 11.6. The Morgan fingerprint density at radius 3 is 2.14 bits per heavy atom. The van der Waals surface area contributed by atoms with Gasteiger partial charge in [-0.2, -0.15) is 0 Å².